The van der Waals surface area contributed by atoms with Gasteiger partial charge in [-0.25, -0.2) is 4.99 Å². The summed E-state index contributed by atoms with van der Waals surface area (Å²) >= 11 is 0. The Bertz CT molecular complexity index is 895. The summed E-state index contributed by atoms with van der Waals surface area (Å²) in [6.45, 7) is 8.71. The monoisotopic (exact) mass is 568 g/mol. The van der Waals surface area contributed by atoms with E-state index in [0.29, 0.717) is 19.8 Å². The van der Waals surface area contributed by atoms with Gasteiger partial charge >= 0.3 is 0 Å². The molecule has 3 heterocycles. The van der Waals surface area contributed by atoms with E-state index in [2.05, 4.69) is 27.6 Å². The summed E-state index contributed by atoms with van der Waals surface area (Å²) in [5, 5.41) is 11.2. The molecule has 2 N–H and O–H groups in total. The van der Waals surface area contributed by atoms with E-state index in [9.17, 15) is 0 Å². The van der Waals surface area contributed by atoms with E-state index < -0.39 is 0 Å². The Balaban J connectivity index is 0.00000306. The summed E-state index contributed by atoms with van der Waals surface area (Å²) in [6.07, 6.45) is 6.41. The van der Waals surface area contributed by atoms with Crippen LogP contribution in [-0.4, -0.2) is 60.0 Å². The normalized spacial score (nSPS) is 17.2. The molecule has 0 aliphatic carbocycles. The Hall–Kier alpha value is -2.01. The molecule has 0 spiro atoms. The van der Waals surface area contributed by atoms with E-state index in [0.717, 1.165) is 60.7 Å². The molecule has 1 saturated heterocycles. The Morgan fingerprint density at radius 2 is 1.94 bits per heavy atom. The number of hydrogen-bond donors (Lipinski definition) is 2. The third-order valence-electron chi connectivity index (χ3n) is 6.15. The first kappa shape index (κ1) is 25.6. The zero-order valence-corrected chi connectivity index (χ0v) is 22.1. The molecule has 0 radical (unpaired) electrons. The molecular formula is C24H37IN6O2. The van der Waals surface area contributed by atoms with Gasteiger partial charge < -0.3 is 25.0 Å². The lowest BCUT2D eigenvalue weighted by Crippen LogP contribution is -2.36. The number of aliphatic imine (C=N–C) groups is 1. The quantitative estimate of drug-likeness (QED) is 0.229. The van der Waals surface area contributed by atoms with Gasteiger partial charge in [-0.05, 0) is 63.0 Å². The fraction of sp³-hybridized carbons (Fsp3) is 0.583. The molecule has 0 amide bonds. The molecule has 2 aliphatic heterocycles. The van der Waals surface area contributed by atoms with Gasteiger partial charge in [-0.2, -0.15) is 5.10 Å². The molecular weight excluding hydrogens is 531 g/mol. The molecule has 0 bridgehead atoms. The summed E-state index contributed by atoms with van der Waals surface area (Å²) in [5.74, 6) is 3.20. The number of fused-ring (bicyclic) bond motifs is 1. The maximum absolute atomic E-state index is 5.84. The third-order valence-corrected chi connectivity index (χ3v) is 6.15. The molecule has 0 atom stereocenters. The van der Waals surface area contributed by atoms with E-state index >= 15 is 0 Å². The van der Waals surface area contributed by atoms with Gasteiger partial charge in [0.1, 0.15) is 0 Å². The highest BCUT2D eigenvalue weighted by Gasteiger charge is 2.15. The summed E-state index contributed by atoms with van der Waals surface area (Å²) in [5.41, 5.74) is 1.99. The predicted molar refractivity (Wildman–Crippen MR) is 143 cm³/mol. The summed E-state index contributed by atoms with van der Waals surface area (Å²) in [4.78, 5) is 7.37. The second kappa shape index (κ2) is 13.0. The van der Waals surface area contributed by atoms with Crippen molar-refractivity contribution in [2.24, 2.45) is 18.0 Å². The predicted octanol–water partition coefficient (Wildman–Crippen LogP) is 3.88. The van der Waals surface area contributed by atoms with Crippen LogP contribution >= 0.6 is 24.0 Å². The molecule has 182 valence electrons. The molecule has 2 aromatic rings. The zero-order chi connectivity index (χ0) is 22.2. The minimum Gasteiger partial charge on any atom is -0.490 e. The van der Waals surface area contributed by atoms with Crippen molar-refractivity contribution in [1.29, 1.82) is 0 Å². The van der Waals surface area contributed by atoms with Crippen molar-refractivity contribution in [2.45, 2.75) is 39.2 Å². The van der Waals surface area contributed by atoms with E-state index in [1.165, 1.54) is 25.9 Å². The van der Waals surface area contributed by atoms with Crippen LogP contribution in [0.2, 0.25) is 0 Å². The zero-order valence-electron chi connectivity index (χ0n) is 19.8. The molecule has 9 heteroatoms. The molecule has 8 nitrogen and oxygen atoms in total. The van der Waals surface area contributed by atoms with Crippen LogP contribution in [0.25, 0.3) is 0 Å². The Morgan fingerprint density at radius 3 is 2.70 bits per heavy atom. The molecule has 0 saturated carbocycles. The average Bonchev–Trinajstić information content (AvgIpc) is 3.06. The van der Waals surface area contributed by atoms with Gasteiger partial charge in [-0.1, -0.05) is 6.92 Å². The van der Waals surface area contributed by atoms with Gasteiger partial charge in [0.15, 0.2) is 17.5 Å². The number of piperidine rings is 1. The Labute approximate surface area is 214 Å². The van der Waals surface area contributed by atoms with Crippen LogP contribution < -0.4 is 20.1 Å². The van der Waals surface area contributed by atoms with E-state index in [-0.39, 0.29) is 24.0 Å². The van der Waals surface area contributed by atoms with Gasteiger partial charge in [-0.3, -0.25) is 4.68 Å². The maximum atomic E-state index is 5.84. The standard InChI is InChI=1S/C24H36N6O2.HI/c1-19-8-13-30(14-9-19)12-3-10-25-24(26-18-21-7-11-27-29(21)2)28-20-5-6-22-23(17-20)32-16-4-15-31-22;/h5-7,11,17,19H,3-4,8-10,12-16,18H2,1-2H3,(H2,25,26,28);1H. The molecule has 2 aliphatic rings. The van der Waals surface area contributed by atoms with E-state index in [1.54, 1.807) is 6.20 Å². The van der Waals surface area contributed by atoms with Crippen LogP contribution in [0.15, 0.2) is 35.5 Å². The average molecular weight is 569 g/mol. The lowest BCUT2D eigenvalue weighted by Gasteiger charge is -2.30. The Kier molecular flexibility index (Phi) is 10.1. The largest absolute Gasteiger partial charge is 0.490 e. The fourth-order valence-electron chi connectivity index (χ4n) is 4.03. The Morgan fingerprint density at radius 1 is 1.15 bits per heavy atom. The molecule has 1 aromatic carbocycles. The highest BCUT2D eigenvalue weighted by Crippen LogP contribution is 2.32. The minimum atomic E-state index is 0. The highest BCUT2D eigenvalue weighted by atomic mass is 127. The number of benzene rings is 1. The maximum Gasteiger partial charge on any atom is 0.196 e. The van der Waals surface area contributed by atoms with Crippen molar-refractivity contribution in [3.8, 4) is 11.5 Å². The topological polar surface area (TPSA) is 75.9 Å². The second-order valence-corrected chi connectivity index (χ2v) is 8.75. The lowest BCUT2D eigenvalue weighted by molar-refractivity contribution is 0.191. The number of hydrogen-bond acceptors (Lipinski definition) is 5. The number of halogens is 1. The smallest absolute Gasteiger partial charge is 0.196 e. The van der Waals surface area contributed by atoms with Crippen LogP contribution in [0.1, 0.15) is 38.3 Å². The molecule has 1 fully saturated rings. The first-order chi connectivity index (χ1) is 15.7. The number of aromatic nitrogens is 2. The van der Waals surface area contributed by atoms with Crippen molar-refractivity contribution >= 4 is 35.6 Å². The van der Waals surface area contributed by atoms with Crippen molar-refractivity contribution in [3.05, 3.63) is 36.2 Å². The summed E-state index contributed by atoms with van der Waals surface area (Å²) in [6, 6.07) is 7.94. The number of anilines is 1. The fourth-order valence-corrected chi connectivity index (χ4v) is 4.03. The third kappa shape index (κ3) is 7.77. The van der Waals surface area contributed by atoms with Crippen molar-refractivity contribution in [1.82, 2.24) is 20.0 Å². The number of nitrogens with zero attached hydrogens (tertiary/aromatic N) is 4. The van der Waals surface area contributed by atoms with Gasteiger partial charge in [0.05, 0.1) is 25.5 Å². The minimum absolute atomic E-state index is 0. The second-order valence-electron chi connectivity index (χ2n) is 8.75. The number of guanidine groups is 1. The van der Waals surface area contributed by atoms with Crippen molar-refractivity contribution in [2.75, 3.05) is 44.7 Å². The number of ether oxygens (including phenoxy) is 2. The van der Waals surface area contributed by atoms with E-state index in [4.69, 9.17) is 14.5 Å². The van der Waals surface area contributed by atoms with Gasteiger partial charge in [0.25, 0.3) is 0 Å². The van der Waals surface area contributed by atoms with Gasteiger partial charge in [-0.15, -0.1) is 24.0 Å². The lowest BCUT2D eigenvalue weighted by atomic mass is 9.99. The number of likely N-dealkylation sites (tertiary alicyclic amines) is 1. The van der Waals surface area contributed by atoms with E-state index in [1.807, 2.05) is 36.0 Å². The highest BCUT2D eigenvalue weighted by molar-refractivity contribution is 14.0. The van der Waals surface area contributed by atoms with Crippen molar-refractivity contribution in [3.63, 3.8) is 0 Å². The first-order valence-electron chi connectivity index (χ1n) is 11.8. The molecule has 33 heavy (non-hydrogen) atoms. The van der Waals surface area contributed by atoms with Crippen LogP contribution in [0.3, 0.4) is 0 Å². The van der Waals surface area contributed by atoms with Crippen LogP contribution in [0.4, 0.5) is 5.69 Å². The van der Waals surface area contributed by atoms with Crippen LogP contribution in [0.5, 0.6) is 11.5 Å². The molecule has 0 unspecified atom stereocenters. The first-order valence-corrected chi connectivity index (χ1v) is 11.8. The SMILES string of the molecule is CC1CCN(CCCNC(=NCc2ccnn2C)Nc2ccc3c(c2)OCCCO3)CC1.I. The van der Waals surface area contributed by atoms with Crippen LogP contribution in [-0.2, 0) is 13.6 Å². The molecule has 4 rings (SSSR count). The van der Waals surface area contributed by atoms with Gasteiger partial charge in [0, 0.05) is 38.0 Å². The number of rotatable bonds is 7. The van der Waals surface area contributed by atoms with Crippen molar-refractivity contribution < 1.29 is 9.47 Å². The summed E-state index contributed by atoms with van der Waals surface area (Å²) < 4.78 is 13.4. The number of aryl methyl sites for hydroxylation is 1. The van der Waals surface area contributed by atoms with Gasteiger partial charge in [0.2, 0.25) is 0 Å². The number of nitrogens with one attached hydrogen (secondary N) is 2. The van der Waals surface area contributed by atoms with Crippen LogP contribution in [0, 0.1) is 5.92 Å². The molecule has 1 aromatic heterocycles. The summed E-state index contributed by atoms with van der Waals surface area (Å²) in [7, 11) is 1.94.